The summed E-state index contributed by atoms with van der Waals surface area (Å²) in [7, 11) is 0. The second-order valence-electron chi connectivity index (χ2n) is 4.08. The second-order valence-corrected chi connectivity index (χ2v) is 4.08. The van der Waals surface area contributed by atoms with Crippen molar-refractivity contribution in [1.82, 2.24) is 4.90 Å². The largest absolute Gasteiger partial charge is 0.395 e. The Morgan fingerprint density at radius 1 is 1.25 bits per heavy atom. The molecule has 3 heteroatoms. The van der Waals surface area contributed by atoms with Gasteiger partial charge in [-0.2, -0.15) is 0 Å². The first-order chi connectivity index (χ1) is 5.81. The normalized spacial score (nSPS) is 42.0. The van der Waals surface area contributed by atoms with Crippen LogP contribution >= 0.6 is 0 Å². The lowest BCUT2D eigenvalue weighted by Gasteiger charge is -2.37. The van der Waals surface area contributed by atoms with Crippen LogP contribution in [0.3, 0.4) is 0 Å². The van der Waals surface area contributed by atoms with Crippen LogP contribution < -0.4 is 5.73 Å². The molecule has 0 aromatic heterocycles. The molecule has 2 fully saturated rings. The van der Waals surface area contributed by atoms with Gasteiger partial charge < -0.3 is 10.8 Å². The minimum absolute atomic E-state index is 0.294. The zero-order valence-corrected chi connectivity index (χ0v) is 7.45. The Hall–Kier alpha value is -0.120. The van der Waals surface area contributed by atoms with Gasteiger partial charge in [-0.25, -0.2) is 0 Å². The van der Waals surface area contributed by atoms with Gasteiger partial charge in [-0.05, 0) is 25.7 Å². The van der Waals surface area contributed by atoms with E-state index in [4.69, 9.17) is 10.8 Å². The van der Waals surface area contributed by atoms with E-state index < -0.39 is 0 Å². The fraction of sp³-hybridized carbons (Fsp3) is 1.00. The van der Waals surface area contributed by atoms with Crippen LogP contribution in [-0.2, 0) is 0 Å². The molecule has 0 aliphatic carbocycles. The van der Waals surface area contributed by atoms with Crippen LogP contribution in [-0.4, -0.2) is 41.3 Å². The zero-order valence-electron chi connectivity index (χ0n) is 7.45. The van der Waals surface area contributed by atoms with Gasteiger partial charge in [-0.3, -0.25) is 4.90 Å². The summed E-state index contributed by atoms with van der Waals surface area (Å²) in [4.78, 5) is 2.45. The number of fused-ring (bicyclic) bond motifs is 2. The number of rotatable bonds is 2. The Labute approximate surface area is 73.5 Å². The highest BCUT2D eigenvalue weighted by Crippen LogP contribution is 2.34. The smallest absolute Gasteiger partial charge is 0.0558 e. The standard InChI is InChI=1S/C9H18N2O/c10-7-5-8-1-2-9(6-7)11(8)3-4-12/h7-9,12H,1-6,10H2. The summed E-state index contributed by atoms with van der Waals surface area (Å²) in [6.45, 7) is 1.14. The minimum Gasteiger partial charge on any atom is -0.395 e. The molecule has 3 N–H and O–H groups in total. The molecule has 0 radical (unpaired) electrons. The molecule has 2 saturated heterocycles. The topological polar surface area (TPSA) is 49.5 Å². The van der Waals surface area contributed by atoms with E-state index in [1.54, 1.807) is 0 Å². The molecule has 0 amide bonds. The fourth-order valence-electron chi connectivity index (χ4n) is 2.80. The minimum atomic E-state index is 0.294. The number of piperidine rings is 1. The van der Waals surface area contributed by atoms with Gasteiger partial charge in [0, 0.05) is 24.7 Å². The van der Waals surface area contributed by atoms with Crippen LogP contribution in [0, 0.1) is 0 Å². The maximum absolute atomic E-state index is 8.87. The van der Waals surface area contributed by atoms with Crippen molar-refractivity contribution < 1.29 is 5.11 Å². The van der Waals surface area contributed by atoms with Gasteiger partial charge in [0.25, 0.3) is 0 Å². The summed E-state index contributed by atoms with van der Waals surface area (Å²) in [6, 6.07) is 1.76. The van der Waals surface area contributed by atoms with Crippen molar-refractivity contribution in [2.24, 2.45) is 5.73 Å². The van der Waals surface area contributed by atoms with Gasteiger partial charge >= 0.3 is 0 Å². The van der Waals surface area contributed by atoms with E-state index in [-0.39, 0.29) is 0 Å². The van der Waals surface area contributed by atoms with Crippen LogP contribution in [0.5, 0.6) is 0 Å². The van der Waals surface area contributed by atoms with Crippen molar-refractivity contribution in [3.05, 3.63) is 0 Å². The average molecular weight is 170 g/mol. The summed E-state index contributed by atoms with van der Waals surface area (Å²) in [5.41, 5.74) is 5.92. The molecule has 70 valence electrons. The molecule has 0 saturated carbocycles. The van der Waals surface area contributed by atoms with Crippen LogP contribution in [0.4, 0.5) is 0 Å². The molecule has 2 atom stereocenters. The SMILES string of the molecule is NC1CC2CCC(C1)N2CCO. The van der Waals surface area contributed by atoms with Gasteiger partial charge in [0.15, 0.2) is 0 Å². The van der Waals surface area contributed by atoms with Crippen LogP contribution in [0.25, 0.3) is 0 Å². The molecular weight excluding hydrogens is 152 g/mol. The van der Waals surface area contributed by atoms with E-state index in [0.717, 1.165) is 19.4 Å². The molecule has 12 heavy (non-hydrogen) atoms. The Balaban J connectivity index is 1.99. The monoisotopic (exact) mass is 170 g/mol. The molecule has 0 aromatic carbocycles. The molecule has 2 heterocycles. The summed E-state index contributed by atoms with van der Waals surface area (Å²) >= 11 is 0. The predicted octanol–water partition coefficient (Wildman–Crippen LogP) is -0.0672. The zero-order chi connectivity index (χ0) is 8.55. The lowest BCUT2D eigenvalue weighted by atomic mass is 9.98. The Kier molecular flexibility index (Phi) is 2.35. The van der Waals surface area contributed by atoms with E-state index in [1.807, 2.05) is 0 Å². The number of aliphatic hydroxyl groups is 1. The predicted molar refractivity (Wildman–Crippen MR) is 47.8 cm³/mol. The average Bonchev–Trinajstić information content (AvgIpc) is 2.32. The Morgan fingerprint density at radius 2 is 1.83 bits per heavy atom. The molecule has 2 unspecified atom stereocenters. The van der Waals surface area contributed by atoms with Crippen LogP contribution in [0.1, 0.15) is 25.7 Å². The number of nitrogens with two attached hydrogens (primary N) is 1. The van der Waals surface area contributed by atoms with E-state index >= 15 is 0 Å². The van der Waals surface area contributed by atoms with Crippen LogP contribution in [0.15, 0.2) is 0 Å². The summed E-state index contributed by atoms with van der Waals surface area (Å²) in [6.07, 6.45) is 4.85. The quantitative estimate of drug-likeness (QED) is 0.610. The van der Waals surface area contributed by atoms with E-state index in [2.05, 4.69) is 4.90 Å². The van der Waals surface area contributed by atoms with Crippen LogP contribution in [0.2, 0.25) is 0 Å². The lowest BCUT2D eigenvalue weighted by molar-refractivity contribution is 0.101. The van der Waals surface area contributed by atoms with Gasteiger partial charge in [0.05, 0.1) is 6.61 Å². The molecule has 0 aromatic rings. The third kappa shape index (κ3) is 1.37. The van der Waals surface area contributed by atoms with Crippen molar-refractivity contribution in [3.8, 4) is 0 Å². The van der Waals surface area contributed by atoms with Crippen molar-refractivity contribution in [3.63, 3.8) is 0 Å². The molecular formula is C9H18N2O. The molecule has 2 aliphatic heterocycles. The molecule has 0 spiro atoms. The number of aliphatic hydroxyl groups excluding tert-OH is 1. The van der Waals surface area contributed by atoms with E-state index in [0.29, 0.717) is 24.7 Å². The molecule has 2 aliphatic rings. The van der Waals surface area contributed by atoms with Crippen molar-refractivity contribution in [1.29, 1.82) is 0 Å². The third-order valence-electron chi connectivity index (χ3n) is 3.28. The summed E-state index contributed by atoms with van der Waals surface area (Å²) in [5.74, 6) is 0. The molecule has 2 bridgehead atoms. The van der Waals surface area contributed by atoms with Crippen molar-refractivity contribution in [2.75, 3.05) is 13.2 Å². The number of hydrogen-bond donors (Lipinski definition) is 2. The third-order valence-corrected chi connectivity index (χ3v) is 3.28. The van der Waals surface area contributed by atoms with Gasteiger partial charge in [0.1, 0.15) is 0 Å². The maximum atomic E-state index is 8.87. The Bertz CT molecular complexity index is 149. The summed E-state index contributed by atoms with van der Waals surface area (Å²) in [5, 5.41) is 8.87. The molecule has 2 rings (SSSR count). The number of hydrogen-bond acceptors (Lipinski definition) is 3. The fourth-order valence-corrected chi connectivity index (χ4v) is 2.80. The lowest BCUT2D eigenvalue weighted by Crippen LogP contribution is -2.48. The number of nitrogens with zero attached hydrogens (tertiary/aromatic N) is 1. The van der Waals surface area contributed by atoms with Gasteiger partial charge in [-0.1, -0.05) is 0 Å². The first-order valence-corrected chi connectivity index (χ1v) is 4.93. The van der Waals surface area contributed by atoms with E-state index in [1.165, 1.54) is 12.8 Å². The van der Waals surface area contributed by atoms with E-state index in [9.17, 15) is 0 Å². The maximum Gasteiger partial charge on any atom is 0.0558 e. The van der Waals surface area contributed by atoms with Gasteiger partial charge in [-0.15, -0.1) is 0 Å². The highest BCUT2D eigenvalue weighted by molar-refractivity contribution is 4.96. The highest BCUT2D eigenvalue weighted by Gasteiger charge is 2.38. The van der Waals surface area contributed by atoms with Crippen molar-refractivity contribution in [2.45, 2.75) is 43.8 Å². The first-order valence-electron chi connectivity index (χ1n) is 4.93. The van der Waals surface area contributed by atoms with Gasteiger partial charge in [0.2, 0.25) is 0 Å². The highest BCUT2D eigenvalue weighted by atomic mass is 16.3. The summed E-state index contributed by atoms with van der Waals surface area (Å²) < 4.78 is 0. The second kappa shape index (κ2) is 3.32. The Morgan fingerprint density at radius 3 is 2.33 bits per heavy atom. The van der Waals surface area contributed by atoms with Crippen molar-refractivity contribution >= 4 is 0 Å². The molecule has 3 nitrogen and oxygen atoms in total. The first kappa shape index (κ1) is 8.48.